The molecule has 0 radical (unpaired) electrons. The van der Waals surface area contributed by atoms with Crippen LogP contribution >= 0.6 is 23.5 Å². The van der Waals surface area contributed by atoms with Crippen LogP contribution in [-0.2, 0) is 52.9 Å². The maximum Gasteiger partial charge on any atom is 0.490 e. The van der Waals surface area contributed by atoms with Crippen molar-refractivity contribution in [3.8, 4) is 23.3 Å². The summed E-state index contributed by atoms with van der Waals surface area (Å²) in [7, 11) is -21.2. The monoisotopic (exact) mass is 1050 g/mol. The number of rotatable bonds is 16. The van der Waals surface area contributed by atoms with Crippen molar-refractivity contribution in [1.82, 2.24) is 24.4 Å². The second-order valence-corrected chi connectivity index (χ2v) is 23.7. The number of amides is 1. The number of aliphatic hydroxyl groups excluding tert-OH is 1. The number of phosphoric ester groups is 1. The minimum Gasteiger partial charge on any atom is -0.452 e. The zero-order valence-corrected chi connectivity index (χ0v) is 41.4. The Morgan fingerprint density at radius 3 is 2.59 bits per heavy atom. The van der Waals surface area contributed by atoms with Crippen LogP contribution in [0.3, 0.4) is 0 Å². The lowest BCUT2D eigenvalue weighted by atomic mass is 9.79. The van der Waals surface area contributed by atoms with E-state index in [0.717, 1.165) is 37.0 Å². The Morgan fingerprint density at radius 2 is 1.86 bits per heavy atom. The van der Waals surface area contributed by atoms with Crippen molar-refractivity contribution in [3.63, 3.8) is 0 Å². The Bertz CT molecular complexity index is 3210. The summed E-state index contributed by atoms with van der Waals surface area (Å²) >= 11 is 0. The molecule has 70 heavy (non-hydrogen) atoms. The number of ether oxygens (including phenoxy) is 2. The number of phosphoric acid groups is 3. The van der Waals surface area contributed by atoms with Gasteiger partial charge >= 0.3 is 23.5 Å². The Kier molecular flexibility index (Phi) is 14.6. The second-order valence-electron chi connectivity index (χ2n) is 17.7. The molecule has 1 saturated heterocycles. The van der Waals surface area contributed by atoms with E-state index in [2.05, 4.69) is 62.7 Å². The molecule has 0 saturated carbocycles. The van der Waals surface area contributed by atoms with E-state index in [9.17, 15) is 46.4 Å². The van der Waals surface area contributed by atoms with Gasteiger partial charge in [0.1, 0.15) is 54.3 Å². The Hall–Kier alpha value is -4.67. The summed E-state index contributed by atoms with van der Waals surface area (Å²) in [5, 5.41) is 15.6. The second kappa shape index (κ2) is 19.7. The van der Waals surface area contributed by atoms with Crippen LogP contribution in [-0.4, -0.2) is 114 Å². The number of aryl methyl sites for hydroxylation is 1. The normalized spacial score (nSPS) is 22.2. The highest BCUT2D eigenvalue weighted by Crippen LogP contribution is 2.66. The largest absolute Gasteiger partial charge is 0.490 e. The van der Waals surface area contributed by atoms with Gasteiger partial charge in [0, 0.05) is 60.8 Å². The van der Waals surface area contributed by atoms with Crippen molar-refractivity contribution < 1.29 is 78.8 Å². The quantitative estimate of drug-likeness (QED) is 0.0304. The first-order valence-electron chi connectivity index (χ1n) is 22.0. The van der Waals surface area contributed by atoms with Gasteiger partial charge in [-0.05, 0) is 57.7 Å². The predicted octanol–water partition coefficient (Wildman–Crippen LogP) is 2.43. The number of benzene rings is 2. The summed E-state index contributed by atoms with van der Waals surface area (Å²) in [4.78, 5) is 65.4. The molecule has 378 valence electrons. The number of hydrogen-bond donors (Lipinski definition) is 8. The van der Waals surface area contributed by atoms with Crippen molar-refractivity contribution in [3.05, 3.63) is 64.2 Å². The van der Waals surface area contributed by atoms with Crippen LogP contribution in [0.15, 0.2) is 41.8 Å². The Morgan fingerprint density at radius 1 is 1.09 bits per heavy atom. The molecule has 2 aromatic carbocycles. The van der Waals surface area contributed by atoms with Gasteiger partial charge in [0.05, 0.1) is 42.0 Å². The van der Waals surface area contributed by atoms with Crippen LogP contribution in [0, 0.1) is 11.8 Å². The first-order valence-corrected chi connectivity index (χ1v) is 28.1. The summed E-state index contributed by atoms with van der Waals surface area (Å²) in [6, 6.07) is 7.80. The fourth-order valence-electron chi connectivity index (χ4n) is 9.40. The summed E-state index contributed by atoms with van der Waals surface area (Å²) in [6.07, 6.45) is 1.84. The number of anilines is 2. The molecule has 3 unspecified atom stereocenters. The number of nitrogens with one attached hydrogen (secondary N) is 1. The van der Waals surface area contributed by atoms with E-state index in [1.54, 1.807) is 0 Å². The highest BCUT2D eigenvalue weighted by Gasteiger charge is 2.44. The fraction of sp³-hybridized carbons (Fsp3) is 0.488. The van der Waals surface area contributed by atoms with E-state index in [4.69, 9.17) is 30.0 Å². The average molecular weight is 1050 g/mol. The molecule has 1 fully saturated rings. The van der Waals surface area contributed by atoms with Gasteiger partial charge in [-0.2, -0.15) is 17.0 Å². The number of aromatic nitrogens is 3. The van der Waals surface area contributed by atoms with Crippen molar-refractivity contribution in [2.75, 3.05) is 49.2 Å². The Labute approximate surface area is 400 Å². The van der Waals surface area contributed by atoms with Gasteiger partial charge in [0.15, 0.2) is 11.5 Å². The van der Waals surface area contributed by atoms with Crippen LogP contribution in [0.5, 0.6) is 11.5 Å². The van der Waals surface area contributed by atoms with Gasteiger partial charge in [0.2, 0.25) is 11.3 Å². The third-order valence-corrected chi connectivity index (χ3v) is 16.9. The van der Waals surface area contributed by atoms with Crippen LogP contribution in [0.25, 0.3) is 11.0 Å². The van der Waals surface area contributed by atoms with E-state index in [1.165, 1.54) is 22.7 Å². The highest BCUT2D eigenvalue weighted by molar-refractivity contribution is 7.85. The molecule has 4 aliphatic heterocycles. The molecular formula is C41H52N8O17P3S+. The third kappa shape index (κ3) is 11.8. The van der Waals surface area contributed by atoms with Gasteiger partial charge in [-0.1, -0.05) is 11.8 Å². The van der Waals surface area contributed by atoms with Crippen molar-refractivity contribution in [1.29, 1.82) is 0 Å². The SMILES string of the molecule is CC[N+]1=c2cc3c(cc2CCC1)=Nc1cc2c(cc1O3)N(CCCC(=O)NCC#Cc1cn([C@H]3C[C@H](O)[C@@H](COP(=O)(O)OP(=O)(O)OP(=O)(O)O)O3)c3ncnc(N)c13)C(C)(C)CC2CS(=O)(=O)O. The number of aliphatic hydroxyl groups is 1. The van der Waals surface area contributed by atoms with Crippen molar-refractivity contribution in [2.24, 2.45) is 4.99 Å². The maximum atomic E-state index is 13.2. The number of nitrogens with two attached hydrogens (primary N) is 1. The number of fused-ring (bicyclic) bond motifs is 5. The van der Waals surface area contributed by atoms with Crippen LogP contribution in [0.4, 0.5) is 17.2 Å². The molecule has 6 atom stereocenters. The average Bonchev–Trinajstić information content (AvgIpc) is 3.81. The lowest BCUT2D eigenvalue weighted by Gasteiger charge is -2.48. The summed E-state index contributed by atoms with van der Waals surface area (Å²) in [6.45, 7) is 7.37. The van der Waals surface area contributed by atoms with E-state index >= 15 is 0 Å². The molecular weight excluding hydrogens is 1000 g/mol. The summed E-state index contributed by atoms with van der Waals surface area (Å²) in [5.41, 5.74) is 9.36. The lowest BCUT2D eigenvalue weighted by Crippen LogP contribution is -2.50. The molecule has 1 amide bonds. The van der Waals surface area contributed by atoms with E-state index in [0.29, 0.717) is 58.4 Å². The molecule has 8 rings (SSSR count). The minimum absolute atomic E-state index is 0.0551. The van der Waals surface area contributed by atoms with E-state index < -0.39 is 75.8 Å². The standard InChI is InChI=1S/C41H51N8O17P3S/c1-4-47-12-6-9-24-14-28-33(16-30(24)47)63-34-17-31-27(15-29(34)46-28)26(22-70(59,60)61)19-41(2,3)49(31)13-7-10-36(51)43-11-5-8-25-20-48(40-38(25)39(42)44-23-45-40)37-18-32(50)35(64-37)21-62-68(55,56)66-69(57,58)65-67(52,53)54/h14-17,20,23,26,32,35,37,50H,4,6-7,9-13,18-19,21-22H2,1-3H3,(H7-,42,43,44,45,51,52,53,54,55,56,57,58,59,60,61)/p+1/t26?,32-,35+,37+/m0/s1. The van der Waals surface area contributed by atoms with Crippen LogP contribution < -0.4 is 36.0 Å². The first kappa shape index (κ1) is 51.7. The smallest absolute Gasteiger partial charge is 0.452 e. The molecule has 2 aromatic heterocycles. The van der Waals surface area contributed by atoms with Crippen molar-refractivity contribution >= 4 is 67.7 Å². The number of nitrogen functional groups attached to an aromatic ring is 1. The highest BCUT2D eigenvalue weighted by atomic mass is 32.2. The first-order chi connectivity index (χ1) is 32.8. The van der Waals surface area contributed by atoms with Crippen LogP contribution in [0.1, 0.15) is 81.7 Å². The molecule has 0 bridgehead atoms. The van der Waals surface area contributed by atoms with Gasteiger partial charge in [-0.25, -0.2) is 33.2 Å². The molecule has 4 aliphatic rings. The van der Waals surface area contributed by atoms with Crippen LogP contribution in [0.2, 0.25) is 0 Å². The molecule has 25 nitrogen and oxygen atoms in total. The molecule has 29 heteroatoms. The third-order valence-electron chi connectivity index (χ3n) is 12.3. The molecule has 6 heterocycles. The van der Waals surface area contributed by atoms with Gasteiger partial charge < -0.3 is 54.7 Å². The lowest BCUT2D eigenvalue weighted by molar-refractivity contribution is -0.120. The predicted molar refractivity (Wildman–Crippen MR) is 249 cm³/mol. The zero-order valence-electron chi connectivity index (χ0n) is 37.9. The van der Waals surface area contributed by atoms with Gasteiger partial charge in [0.25, 0.3) is 10.1 Å². The number of nitrogens with zero attached hydrogens (tertiary/aromatic N) is 6. The van der Waals surface area contributed by atoms with Crippen molar-refractivity contribution in [2.45, 2.75) is 89.2 Å². The summed E-state index contributed by atoms with van der Waals surface area (Å²) in [5.74, 6) is 5.74. The fourth-order valence-corrected chi connectivity index (χ4v) is 13.2. The Balaban J connectivity index is 0.922. The molecule has 4 aromatic rings. The maximum absolute atomic E-state index is 13.2. The molecule has 0 aliphatic carbocycles. The summed E-state index contributed by atoms with van der Waals surface area (Å²) < 4.78 is 97.7. The zero-order chi connectivity index (χ0) is 50.6. The number of carbonyl (C=O) groups is 1. The number of carbonyl (C=O) groups excluding carboxylic acids is 1. The van der Waals surface area contributed by atoms with E-state index in [1.807, 2.05) is 32.0 Å². The van der Waals surface area contributed by atoms with Gasteiger partial charge in [-0.3, -0.25) is 13.9 Å². The van der Waals surface area contributed by atoms with E-state index in [-0.39, 0.29) is 36.8 Å². The topological polar surface area (TPSA) is 357 Å². The number of hydrogen-bond acceptors (Lipinski definition) is 17. The molecule has 0 spiro atoms. The molecule has 9 N–H and O–H groups in total. The van der Waals surface area contributed by atoms with Gasteiger partial charge in [-0.15, -0.1) is 0 Å². The minimum atomic E-state index is -5.76.